The normalized spacial score (nSPS) is 11.9. The van der Waals surface area contributed by atoms with Gasteiger partial charge in [-0.1, -0.05) is 42.5 Å². The number of hydrogen-bond acceptors (Lipinski definition) is 4. The van der Waals surface area contributed by atoms with Crippen molar-refractivity contribution >= 4 is 15.7 Å². The van der Waals surface area contributed by atoms with Gasteiger partial charge in [-0.25, -0.2) is 9.78 Å². The molecule has 9 heteroatoms. The van der Waals surface area contributed by atoms with E-state index in [1.165, 1.54) is 12.1 Å². The van der Waals surface area contributed by atoms with E-state index < -0.39 is 22.2 Å². The highest BCUT2D eigenvalue weighted by atomic mass is 32.2. The van der Waals surface area contributed by atoms with Crippen molar-refractivity contribution in [2.24, 2.45) is 0 Å². The standard InChI is InChI=1S/C25H21F3N4OS/c1-17-16-34(24(33)30-13-19-5-3-2-4-6-19)23(31-17)22-15-29-14-21(32-22)12-9-18-7-10-20(11-8-18)25(26,27)28/h2-8,10-11,14-16H,9,12-13H2,1H3/p+1. The molecule has 1 unspecified atom stereocenters. The molecule has 0 aliphatic rings. The van der Waals surface area contributed by atoms with E-state index in [1.807, 2.05) is 42.6 Å². The first-order valence-electron chi connectivity index (χ1n) is 10.6. The van der Waals surface area contributed by atoms with Crippen molar-refractivity contribution in [3.63, 3.8) is 0 Å². The molecule has 0 bridgehead atoms. The van der Waals surface area contributed by atoms with Crippen molar-refractivity contribution in [1.82, 2.24) is 20.3 Å². The molecule has 1 atom stereocenters. The number of nitrogens with zero attached hydrogens (tertiary/aromatic N) is 3. The Labute approximate surface area is 197 Å². The summed E-state index contributed by atoms with van der Waals surface area (Å²) in [6, 6.07) is 14.8. The Kier molecular flexibility index (Phi) is 7.02. The first kappa shape index (κ1) is 23.6. The molecule has 0 radical (unpaired) electrons. The highest BCUT2D eigenvalue weighted by Gasteiger charge is 2.30. The maximum Gasteiger partial charge on any atom is 0.458 e. The summed E-state index contributed by atoms with van der Waals surface area (Å²) in [7, 11) is -0.895. The minimum absolute atomic E-state index is 0.142. The average molecular weight is 484 g/mol. The van der Waals surface area contributed by atoms with E-state index in [9.17, 15) is 18.0 Å². The van der Waals surface area contributed by atoms with Crippen LogP contribution < -0.4 is 5.32 Å². The second-order valence-electron chi connectivity index (χ2n) is 7.73. The predicted molar refractivity (Wildman–Crippen MR) is 125 cm³/mol. The Hall–Kier alpha value is -3.59. The lowest BCUT2D eigenvalue weighted by Gasteiger charge is -2.07. The van der Waals surface area contributed by atoms with Gasteiger partial charge < -0.3 is 5.32 Å². The third kappa shape index (κ3) is 5.85. The number of halogens is 3. The van der Waals surface area contributed by atoms with Gasteiger partial charge in [0.1, 0.15) is 10.5 Å². The number of hydrogen-bond donors (Lipinski definition) is 1. The third-order valence-corrected chi connectivity index (χ3v) is 6.95. The number of thiazole rings is 1. The molecule has 0 spiro atoms. The Bertz CT molecular complexity index is 1270. The lowest BCUT2D eigenvalue weighted by atomic mass is 10.1. The maximum atomic E-state index is 12.9. The smallest absolute Gasteiger partial charge is 0.303 e. The zero-order valence-electron chi connectivity index (χ0n) is 18.3. The first-order chi connectivity index (χ1) is 16.3. The van der Waals surface area contributed by atoms with Crippen LogP contribution in [0.5, 0.6) is 0 Å². The number of rotatable bonds is 7. The van der Waals surface area contributed by atoms with E-state index in [0.29, 0.717) is 35.8 Å². The Morgan fingerprint density at radius 3 is 2.38 bits per heavy atom. The molecule has 1 amide bonds. The summed E-state index contributed by atoms with van der Waals surface area (Å²) in [5.74, 6) is 0. The molecule has 0 saturated carbocycles. The van der Waals surface area contributed by atoms with Crippen LogP contribution >= 0.6 is 10.5 Å². The Balaban J connectivity index is 1.46. The number of aromatic nitrogens is 3. The molecule has 2 aromatic heterocycles. The van der Waals surface area contributed by atoms with Crippen LogP contribution in [0, 0.1) is 6.92 Å². The van der Waals surface area contributed by atoms with Crippen molar-refractivity contribution < 1.29 is 18.0 Å². The van der Waals surface area contributed by atoms with Crippen LogP contribution in [0.4, 0.5) is 18.0 Å². The summed E-state index contributed by atoms with van der Waals surface area (Å²) in [5.41, 5.74) is 3.05. The largest absolute Gasteiger partial charge is 0.458 e. The van der Waals surface area contributed by atoms with E-state index in [2.05, 4.69) is 20.3 Å². The topological polar surface area (TPSA) is 67.8 Å². The van der Waals surface area contributed by atoms with E-state index in [1.54, 1.807) is 12.4 Å². The lowest BCUT2D eigenvalue weighted by Crippen LogP contribution is -2.18. The van der Waals surface area contributed by atoms with E-state index in [-0.39, 0.29) is 5.24 Å². The molecule has 4 rings (SSSR count). The second-order valence-corrected chi connectivity index (χ2v) is 9.40. The molecule has 34 heavy (non-hydrogen) atoms. The lowest BCUT2D eigenvalue weighted by molar-refractivity contribution is -0.137. The van der Waals surface area contributed by atoms with Crippen LogP contribution in [0.15, 0.2) is 72.4 Å². The zero-order chi connectivity index (χ0) is 24.1. The summed E-state index contributed by atoms with van der Waals surface area (Å²) in [6.45, 7) is 2.25. The summed E-state index contributed by atoms with van der Waals surface area (Å²) < 4.78 is 38.3. The molecular weight excluding hydrogens is 461 g/mol. The number of alkyl halides is 3. The van der Waals surface area contributed by atoms with Gasteiger partial charge in [0, 0.05) is 12.7 Å². The molecular formula is C25H22F3N4OS+. The van der Waals surface area contributed by atoms with Crippen LogP contribution in [-0.2, 0) is 25.6 Å². The van der Waals surface area contributed by atoms with Crippen molar-refractivity contribution in [2.75, 3.05) is 0 Å². The van der Waals surface area contributed by atoms with E-state index in [4.69, 9.17) is 0 Å². The van der Waals surface area contributed by atoms with Gasteiger partial charge in [-0.2, -0.15) is 18.2 Å². The van der Waals surface area contributed by atoms with Gasteiger partial charge >= 0.3 is 16.4 Å². The van der Waals surface area contributed by atoms with Gasteiger partial charge in [-0.05, 0) is 43.0 Å². The van der Waals surface area contributed by atoms with Gasteiger partial charge in [0.15, 0.2) is 11.1 Å². The molecule has 1 N–H and O–H groups in total. The van der Waals surface area contributed by atoms with Crippen molar-refractivity contribution in [3.8, 4) is 10.7 Å². The van der Waals surface area contributed by atoms with Crippen molar-refractivity contribution in [1.29, 1.82) is 0 Å². The Morgan fingerprint density at radius 1 is 0.941 bits per heavy atom. The van der Waals surface area contributed by atoms with Gasteiger partial charge in [-0.15, -0.1) is 0 Å². The molecule has 0 aliphatic carbocycles. The first-order valence-corrected chi connectivity index (χ1v) is 11.9. The highest BCUT2D eigenvalue weighted by Crippen LogP contribution is 2.33. The number of carbonyl (C=O) groups excluding carboxylic acids is 1. The molecule has 174 valence electrons. The number of benzene rings is 2. The fourth-order valence-electron chi connectivity index (χ4n) is 3.38. The van der Waals surface area contributed by atoms with Gasteiger partial charge in [0.2, 0.25) is 0 Å². The molecule has 4 aromatic rings. The summed E-state index contributed by atoms with van der Waals surface area (Å²) >= 11 is 0. The highest BCUT2D eigenvalue weighted by molar-refractivity contribution is 7.52. The molecule has 2 heterocycles. The SMILES string of the molecule is Cc1c[s+](C(=O)NCc2ccccc2)c(-c2cncc(CCc3ccc(C(F)(F)F)cc3)n2)n1. The number of nitrogens with one attached hydrogen (secondary N) is 1. The van der Waals surface area contributed by atoms with Gasteiger partial charge in [0.05, 0.1) is 23.1 Å². The maximum absolute atomic E-state index is 12.9. The van der Waals surface area contributed by atoms with Crippen LogP contribution in [0.2, 0.25) is 0 Å². The van der Waals surface area contributed by atoms with Gasteiger partial charge in [0.25, 0.3) is 0 Å². The van der Waals surface area contributed by atoms with Crippen molar-refractivity contribution in [2.45, 2.75) is 32.5 Å². The average Bonchev–Trinajstić information content (AvgIpc) is 3.23. The van der Waals surface area contributed by atoms with Crippen LogP contribution in [0.25, 0.3) is 10.7 Å². The van der Waals surface area contributed by atoms with Crippen LogP contribution in [0.1, 0.15) is 28.1 Å². The van der Waals surface area contributed by atoms with Crippen LogP contribution in [-0.4, -0.2) is 20.2 Å². The van der Waals surface area contributed by atoms with Gasteiger partial charge in [-0.3, -0.25) is 4.98 Å². The minimum Gasteiger partial charge on any atom is -0.303 e. The zero-order valence-corrected chi connectivity index (χ0v) is 19.2. The Morgan fingerprint density at radius 2 is 1.68 bits per heavy atom. The molecule has 0 aliphatic heterocycles. The summed E-state index contributed by atoms with van der Waals surface area (Å²) in [6.07, 6.45) is -0.130. The summed E-state index contributed by atoms with van der Waals surface area (Å²) in [4.78, 5) is 26.3. The molecule has 5 nitrogen and oxygen atoms in total. The minimum atomic E-state index is -4.35. The van der Waals surface area contributed by atoms with Crippen molar-refractivity contribution in [3.05, 3.63) is 100 Å². The molecule has 0 saturated heterocycles. The van der Waals surface area contributed by atoms with E-state index in [0.717, 1.165) is 29.0 Å². The van der Waals surface area contributed by atoms with Crippen LogP contribution in [0.3, 0.4) is 0 Å². The summed E-state index contributed by atoms with van der Waals surface area (Å²) in [5, 5.41) is 5.20. The third-order valence-electron chi connectivity index (χ3n) is 5.11. The molecule has 0 fully saturated rings. The predicted octanol–water partition coefficient (Wildman–Crippen LogP) is 6.16. The fourth-order valence-corrected chi connectivity index (χ4v) is 4.97. The number of amides is 1. The fraction of sp³-hybridized carbons (Fsp3) is 0.200. The van der Waals surface area contributed by atoms with E-state index >= 15 is 0 Å². The molecule has 2 aromatic carbocycles. The number of carbonyl (C=O) groups is 1. The quantitative estimate of drug-likeness (QED) is 0.320. The second kappa shape index (κ2) is 10.1. The monoisotopic (exact) mass is 483 g/mol. The number of aryl methyl sites for hydroxylation is 3.